The zero-order valence-electron chi connectivity index (χ0n) is 11.5. The number of benzene rings is 2. The summed E-state index contributed by atoms with van der Waals surface area (Å²) in [6.45, 7) is 0.417. The Kier molecular flexibility index (Phi) is 5.80. The Morgan fingerprint density at radius 1 is 1.23 bits per heavy atom. The summed E-state index contributed by atoms with van der Waals surface area (Å²) in [5.41, 5.74) is 0.968. The van der Waals surface area contributed by atoms with Gasteiger partial charge in [0.1, 0.15) is 0 Å². The molecule has 0 atom stereocenters. The van der Waals surface area contributed by atoms with Gasteiger partial charge in [-0.1, -0.05) is 23.7 Å². The quantitative estimate of drug-likeness (QED) is 0.496. The molecule has 2 aromatic rings. The fourth-order valence-electron chi connectivity index (χ4n) is 1.71. The molecule has 0 fully saturated rings. The summed E-state index contributed by atoms with van der Waals surface area (Å²) in [6.07, 6.45) is 0. The molecule has 1 amide bonds. The first-order valence-corrected chi connectivity index (χ1v) is 7.79. The molecule has 114 valence electrons. The fourth-order valence-corrected chi connectivity index (χ4v) is 2.65. The van der Waals surface area contributed by atoms with Gasteiger partial charge in [-0.05, 0) is 29.8 Å². The molecule has 0 aliphatic carbocycles. The zero-order valence-corrected chi connectivity index (χ0v) is 13.1. The molecule has 22 heavy (non-hydrogen) atoms. The fraction of sp³-hybridized carbons (Fsp3) is 0.133. The third kappa shape index (κ3) is 5.05. The Hall–Kier alpha value is -2.05. The Labute approximate surface area is 136 Å². The van der Waals surface area contributed by atoms with Crippen LogP contribution in [0.1, 0.15) is 5.56 Å². The van der Waals surface area contributed by atoms with Crippen LogP contribution in [0.15, 0.2) is 53.4 Å². The van der Waals surface area contributed by atoms with Gasteiger partial charge in [0.25, 0.3) is 5.69 Å². The first-order chi connectivity index (χ1) is 10.5. The summed E-state index contributed by atoms with van der Waals surface area (Å²) < 4.78 is 0. The predicted molar refractivity (Wildman–Crippen MR) is 87.1 cm³/mol. The van der Waals surface area contributed by atoms with Crippen LogP contribution in [0.2, 0.25) is 5.02 Å². The Morgan fingerprint density at radius 2 is 1.95 bits per heavy atom. The number of thioether (sulfide) groups is 1. The normalized spacial score (nSPS) is 10.2. The lowest BCUT2D eigenvalue weighted by Gasteiger charge is -2.06. The molecule has 2 rings (SSSR count). The van der Waals surface area contributed by atoms with Crippen LogP contribution >= 0.6 is 23.4 Å². The molecule has 0 unspecified atom stereocenters. The summed E-state index contributed by atoms with van der Waals surface area (Å²) >= 11 is 7.20. The largest absolute Gasteiger partial charge is 0.351 e. The molecule has 0 saturated carbocycles. The minimum Gasteiger partial charge on any atom is -0.351 e. The highest BCUT2D eigenvalue weighted by Gasteiger charge is 2.06. The lowest BCUT2D eigenvalue weighted by atomic mass is 10.2. The van der Waals surface area contributed by atoms with E-state index in [4.69, 9.17) is 11.6 Å². The second kappa shape index (κ2) is 7.82. The van der Waals surface area contributed by atoms with E-state index in [2.05, 4.69) is 5.32 Å². The molecule has 1 N–H and O–H groups in total. The van der Waals surface area contributed by atoms with Crippen molar-refractivity contribution < 1.29 is 9.72 Å². The molecule has 7 heteroatoms. The molecular formula is C15H13ClN2O3S. The van der Waals surface area contributed by atoms with Gasteiger partial charge in [0.15, 0.2) is 0 Å². The van der Waals surface area contributed by atoms with Crippen LogP contribution in [-0.2, 0) is 11.3 Å². The van der Waals surface area contributed by atoms with Crippen molar-refractivity contribution in [1.29, 1.82) is 0 Å². The molecule has 0 spiro atoms. The van der Waals surface area contributed by atoms with Gasteiger partial charge in [0.2, 0.25) is 5.91 Å². The smallest absolute Gasteiger partial charge is 0.269 e. The molecule has 2 aromatic carbocycles. The standard InChI is InChI=1S/C15H13ClN2O3S/c16-12-3-1-2-11(8-12)9-17-15(19)10-22-14-6-4-13(5-7-14)18(20)21/h1-8H,9-10H2,(H,17,19). The molecular weight excluding hydrogens is 324 g/mol. The summed E-state index contributed by atoms with van der Waals surface area (Å²) in [5, 5.41) is 14.0. The summed E-state index contributed by atoms with van der Waals surface area (Å²) in [4.78, 5) is 22.7. The first kappa shape index (κ1) is 16.3. The number of hydrogen-bond acceptors (Lipinski definition) is 4. The third-order valence-corrected chi connectivity index (χ3v) is 4.04. The number of non-ortho nitro benzene ring substituents is 1. The van der Waals surface area contributed by atoms with Crippen LogP contribution in [0.25, 0.3) is 0 Å². The van der Waals surface area contributed by atoms with Gasteiger partial charge in [-0.3, -0.25) is 14.9 Å². The Balaban J connectivity index is 1.79. The maximum Gasteiger partial charge on any atom is 0.269 e. The van der Waals surface area contributed by atoms with E-state index >= 15 is 0 Å². The minimum atomic E-state index is -0.452. The van der Waals surface area contributed by atoms with Gasteiger partial charge in [-0.25, -0.2) is 0 Å². The van der Waals surface area contributed by atoms with Gasteiger partial charge in [-0.15, -0.1) is 11.8 Å². The van der Waals surface area contributed by atoms with Gasteiger partial charge >= 0.3 is 0 Å². The Morgan fingerprint density at radius 3 is 2.59 bits per heavy atom. The SMILES string of the molecule is O=C(CSc1ccc([N+](=O)[O-])cc1)NCc1cccc(Cl)c1. The van der Waals surface area contributed by atoms with Crippen molar-refractivity contribution in [2.75, 3.05) is 5.75 Å². The van der Waals surface area contributed by atoms with E-state index < -0.39 is 4.92 Å². The molecule has 0 aliphatic rings. The van der Waals surface area contributed by atoms with E-state index in [0.717, 1.165) is 10.5 Å². The first-order valence-electron chi connectivity index (χ1n) is 6.43. The van der Waals surface area contributed by atoms with E-state index in [1.807, 2.05) is 12.1 Å². The molecule has 0 bridgehead atoms. The minimum absolute atomic E-state index is 0.0368. The summed E-state index contributed by atoms with van der Waals surface area (Å²) in [7, 11) is 0. The second-order valence-electron chi connectivity index (χ2n) is 4.45. The number of hydrogen-bond donors (Lipinski definition) is 1. The monoisotopic (exact) mass is 336 g/mol. The summed E-state index contributed by atoms with van der Waals surface area (Å²) in [6, 6.07) is 13.4. The van der Waals surface area contributed by atoms with Crippen LogP contribution in [0, 0.1) is 10.1 Å². The van der Waals surface area contributed by atoms with Gasteiger partial charge in [-0.2, -0.15) is 0 Å². The topological polar surface area (TPSA) is 72.2 Å². The zero-order chi connectivity index (χ0) is 15.9. The number of rotatable bonds is 6. The number of nitro benzene ring substituents is 1. The Bertz CT molecular complexity index is 677. The second-order valence-corrected chi connectivity index (χ2v) is 5.93. The average molecular weight is 337 g/mol. The molecule has 0 radical (unpaired) electrons. The van der Waals surface area contributed by atoms with Crippen LogP contribution in [0.4, 0.5) is 5.69 Å². The number of halogens is 1. The van der Waals surface area contributed by atoms with E-state index in [1.54, 1.807) is 24.3 Å². The average Bonchev–Trinajstić information content (AvgIpc) is 2.51. The van der Waals surface area contributed by atoms with Crippen molar-refractivity contribution in [2.24, 2.45) is 0 Å². The number of nitrogens with zero attached hydrogens (tertiary/aromatic N) is 1. The van der Waals surface area contributed by atoms with E-state index in [-0.39, 0.29) is 17.3 Å². The molecule has 0 aliphatic heterocycles. The van der Waals surface area contributed by atoms with Crippen molar-refractivity contribution >= 4 is 35.0 Å². The number of nitrogens with one attached hydrogen (secondary N) is 1. The van der Waals surface area contributed by atoms with E-state index in [0.29, 0.717) is 11.6 Å². The van der Waals surface area contributed by atoms with Crippen molar-refractivity contribution in [3.8, 4) is 0 Å². The highest BCUT2D eigenvalue weighted by Crippen LogP contribution is 2.21. The maximum absolute atomic E-state index is 11.8. The van der Waals surface area contributed by atoms with Crippen LogP contribution < -0.4 is 5.32 Å². The van der Waals surface area contributed by atoms with E-state index in [1.165, 1.54) is 23.9 Å². The van der Waals surface area contributed by atoms with Crippen molar-refractivity contribution in [3.05, 3.63) is 69.2 Å². The number of nitro groups is 1. The number of amides is 1. The van der Waals surface area contributed by atoms with Crippen molar-refractivity contribution in [2.45, 2.75) is 11.4 Å². The number of carbonyl (C=O) groups excluding carboxylic acids is 1. The molecule has 0 saturated heterocycles. The lowest BCUT2D eigenvalue weighted by Crippen LogP contribution is -2.24. The summed E-state index contributed by atoms with van der Waals surface area (Å²) in [5.74, 6) is 0.140. The maximum atomic E-state index is 11.8. The van der Waals surface area contributed by atoms with E-state index in [9.17, 15) is 14.9 Å². The van der Waals surface area contributed by atoms with Gasteiger partial charge < -0.3 is 5.32 Å². The predicted octanol–water partition coefficient (Wildman–Crippen LogP) is 3.66. The highest BCUT2D eigenvalue weighted by atomic mass is 35.5. The van der Waals surface area contributed by atoms with Crippen LogP contribution in [0.3, 0.4) is 0 Å². The highest BCUT2D eigenvalue weighted by molar-refractivity contribution is 8.00. The molecule has 0 aromatic heterocycles. The van der Waals surface area contributed by atoms with Gasteiger partial charge in [0.05, 0.1) is 10.7 Å². The third-order valence-electron chi connectivity index (χ3n) is 2.80. The number of carbonyl (C=O) groups is 1. The van der Waals surface area contributed by atoms with Crippen LogP contribution in [-0.4, -0.2) is 16.6 Å². The van der Waals surface area contributed by atoms with Crippen molar-refractivity contribution in [1.82, 2.24) is 5.32 Å². The lowest BCUT2D eigenvalue weighted by molar-refractivity contribution is -0.384. The van der Waals surface area contributed by atoms with Crippen molar-refractivity contribution in [3.63, 3.8) is 0 Å². The van der Waals surface area contributed by atoms with Gasteiger partial charge in [0, 0.05) is 28.6 Å². The van der Waals surface area contributed by atoms with Crippen LogP contribution in [0.5, 0.6) is 0 Å². The molecule has 5 nitrogen and oxygen atoms in total. The molecule has 0 heterocycles.